The van der Waals surface area contributed by atoms with Gasteiger partial charge in [0.25, 0.3) is 0 Å². The summed E-state index contributed by atoms with van der Waals surface area (Å²) in [7, 11) is -5.92. The van der Waals surface area contributed by atoms with Crippen molar-refractivity contribution in [1.82, 2.24) is 4.98 Å². The summed E-state index contributed by atoms with van der Waals surface area (Å²) in [6, 6.07) is 3.15. The molecule has 4 nitrogen and oxygen atoms in total. The van der Waals surface area contributed by atoms with Crippen LogP contribution in [0.25, 0.3) is 10.9 Å². The van der Waals surface area contributed by atoms with Crippen molar-refractivity contribution in [2.24, 2.45) is 0 Å². The van der Waals surface area contributed by atoms with Crippen molar-refractivity contribution in [2.75, 3.05) is 0 Å². The van der Waals surface area contributed by atoms with E-state index in [0.29, 0.717) is 4.47 Å². The lowest BCUT2D eigenvalue weighted by atomic mass is 10.2. The maximum absolute atomic E-state index is 14.0. The molecule has 0 N–H and O–H groups in total. The zero-order valence-corrected chi connectivity index (χ0v) is 11.7. The molecule has 10 heteroatoms. The number of fused-ring (bicyclic) bond motifs is 1. The number of hydrogen-bond acceptors (Lipinski definition) is 4. The molecule has 0 saturated heterocycles. The highest BCUT2D eigenvalue weighted by atomic mass is 79.9. The molecule has 0 amide bonds. The molecule has 0 spiro atoms. The molecule has 1 heterocycles. The van der Waals surface area contributed by atoms with E-state index < -0.39 is 27.2 Å². The standard InChI is InChI=1S/C10H4BrF4NO3S/c11-5-3-6-7(16-4-5)1-2-8(9(6)12)19-20(17,18)10(13,14)15/h1-4H. The number of pyridine rings is 1. The fraction of sp³-hybridized carbons (Fsp3) is 0.100. The Labute approximate surface area is 118 Å². The molecule has 20 heavy (non-hydrogen) atoms. The summed E-state index contributed by atoms with van der Waals surface area (Å²) in [5.74, 6) is -2.29. The molecule has 1 aromatic carbocycles. The summed E-state index contributed by atoms with van der Waals surface area (Å²) in [4.78, 5) is 3.81. The largest absolute Gasteiger partial charge is 0.534 e. The van der Waals surface area contributed by atoms with Crippen LogP contribution in [-0.4, -0.2) is 18.9 Å². The number of aromatic nitrogens is 1. The van der Waals surface area contributed by atoms with E-state index in [1.807, 2.05) is 0 Å². The molecule has 0 radical (unpaired) electrons. The van der Waals surface area contributed by atoms with Gasteiger partial charge in [0, 0.05) is 16.1 Å². The van der Waals surface area contributed by atoms with E-state index in [-0.39, 0.29) is 10.9 Å². The summed E-state index contributed by atoms with van der Waals surface area (Å²) in [6.45, 7) is 0. The molecule has 0 aliphatic heterocycles. The molecule has 0 aliphatic carbocycles. The first-order valence-corrected chi connectivity index (χ1v) is 7.06. The molecule has 0 atom stereocenters. The van der Waals surface area contributed by atoms with Crippen LogP contribution in [-0.2, 0) is 10.1 Å². The second kappa shape index (κ2) is 4.85. The van der Waals surface area contributed by atoms with Gasteiger partial charge in [0.1, 0.15) is 0 Å². The number of benzene rings is 1. The quantitative estimate of drug-likeness (QED) is 0.460. The van der Waals surface area contributed by atoms with Gasteiger partial charge >= 0.3 is 15.6 Å². The average Bonchev–Trinajstić information content (AvgIpc) is 2.32. The molecule has 0 fully saturated rings. The predicted octanol–water partition coefficient (Wildman–Crippen LogP) is 3.36. The van der Waals surface area contributed by atoms with Gasteiger partial charge in [-0.25, -0.2) is 4.39 Å². The van der Waals surface area contributed by atoms with E-state index in [4.69, 9.17) is 0 Å². The second-order valence-corrected chi connectivity index (χ2v) is 6.03. The van der Waals surface area contributed by atoms with Gasteiger partial charge < -0.3 is 4.18 Å². The highest BCUT2D eigenvalue weighted by molar-refractivity contribution is 9.10. The van der Waals surface area contributed by atoms with Gasteiger partial charge in [-0.3, -0.25) is 4.98 Å². The van der Waals surface area contributed by atoms with E-state index in [1.165, 1.54) is 12.3 Å². The lowest BCUT2D eigenvalue weighted by molar-refractivity contribution is -0.0500. The van der Waals surface area contributed by atoms with Gasteiger partial charge in [0.05, 0.1) is 5.52 Å². The summed E-state index contributed by atoms with van der Waals surface area (Å²) in [5.41, 5.74) is -5.49. The SMILES string of the molecule is O=S(=O)(Oc1ccc2ncc(Br)cc2c1F)C(F)(F)F. The molecule has 108 valence electrons. The van der Waals surface area contributed by atoms with E-state index in [0.717, 1.165) is 12.1 Å². The molecule has 0 unspecified atom stereocenters. The van der Waals surface area contributed by atoms with Crippen LogP contribution in [0.1, 0.15) is 0 Å². The molecule has 0 bridgehead atoms. The number of halogens is 5. The highest BCUT2D eigenvalue weighted by Crippen LogP contribution is 2.31. The zero-order valence-electron chi connectivity index (χ0n) is 9.28. The van der Waals surface area contributed by atoms with Gasteiger partial charge in [0.2, 0.25) is 0 Å². The maximum Gasteiger partial charge on any atom is 0.534 e. The second-order valence-electron chi connectivity index (χ2n) is 3.58. The first kappa shape index (κ1) is 15.0. The molecule has 1 aromatic heterocycles. The van der Waals surface area contributed by atoms with Crippen LogP contribution < -0.4 is 4.18 Å². The maximum atomic E-state index is 14.0. The Morgan fingerprint density at radius 2 is 1.90 bits per heavy atom. The Morgan fingerprint density at radius 3 is 2.50 bits per heavy atom. The average molecular weight is 374 g/mol. The van der Waals surface area contributed by atoms with E-state index in [1.54, 1.807) is 0 Å². The van der Waals surface area contributed by atoms with Crippen LogP contribution in [0.3, 0.4) is 0 Å². The molecule has 0 aliphatic rings. The van der Waals surface area contributed by atoms with Crippen LogP contribution >= 0.6 is 15.9 Å². The Morgan fingerprint density at radius 1 is 1.25 bits per heavy atom. The number of nitrogens with zero attached hydrogens (tertiary/aromatic N) is 1. The van der Waals surface area contributed by atoms with Crippen molar-refractivity contribution in [3.05, 3.63) is 34.7 Å². The summed E-state index contributed by atoms with van der Waals surface area (Å²) >= 11 is 3.02. The minimum absolute atomic E-state index is 0.141. The number of alkyl halides is 3. The molecule has 2 aromatic rings. The summed E-state index contributed by atoms with van der Waals surface area (Å²) in [6.07, 6.45) is 1.36. The minimum Gasteiger partial charge on any atom is -0.373 e. The molecule has 2 rings (SSSR count). The van der Waals surface area contributed by atoms with Crippen molar-refractivity contribution in [2.45, 2.75) is 5.51 Å². The van der Waals surface area contributed by atoms with Crippen molar-refractivity contribution in [1.29, 1.82) is 0 Å². The van der Waals surface area contributed by atoms with Gasteiger partial charge in [-0.15, -0.1) is 0 Å². The zero-order chi connectivity index (χ0) is 15.1. The van der Waals surface area contributed by atoms with Crippen molar-refractivity contribution < 1.29 is 30.2 Å². The third kappa shape index (κ3) is 2.70. The van der Waals surface area contributed by atoms with Crippen molar-refractivity contribution in [3.63, 3.8) is 0 Å². The molecular weight excluding hydrogens is 370 g/mol. The third-order valence-corrected chi connectivity index (χ3v) is 3.61. The van der Waals surface area contributed by atoms with E-state index in [9.17, 15) is 26.0 Å². The monoisotopic (exact) mass is 373 g/mol. The smallest absolute Gasteiger partial charge is 0.373 e. The summed E-state index contributed by atoms with van der Waals surface area (Å²) in [5, 5.41) is -0.172. The Hall–Kier alpha value is -1.42. The summed E-state index contributed by atoms with van der Waals surface area (Å²) < 4.78 is 76.3. The van der Waals surface area contributed by atoms with E-state index in [2.05, 4.69) is 25.1 Å². The topological polar surface area (TPSA) is 56.3 Å². The lowest BCUT2D eigenvalue weighted by Crippen LogP contribution is -2.28. The van der Waals surface area contributed by atoms with Gasteiger partial charge in [-0.1, -0.05) is 0 Å². The Kier molecular flexibility index (Phi) is 3.63. The fourth-order valence-electron chi connectivity index (χ4n) is 1.35. The first-order chi connectivity index (χ1) is 9.12. The lowest BCUT2D eigenvalue weighted by Gasteiger charge is -2.11. The van der Waals surface area contributed by atoms with Gasteiger partial charge in [-0.05, 0) is 34.1 Å². The molecule has 0 saturated carbocycles. The Bertz CT molecular complexity index is 776. The van der Waals surface area contributed by atoms with E-state index >= 15 is 0 Å². The van der Waals surface area contributed by atoms with Crippen LogP contribution in [0.4, 0.5) is 17.6 Å². The van der Waals surface area contributed by atoms with Crippen molar-refractivity contribution >= 4 is 37.0 Å². The molecular formula is C10H4BrF4NO3S. The third-order valence-electron chi connectivity index (χ3n) is 2.21. The van der Waals surface area contributed by atoms with Crippen molar-refractivity contribution in [3.8, 4) is 5.75 Å². The fourth-order valence-corrected chi connectivity index (χ4v) is 2.14. The first-order valence-electron chi connectivity index (χ1n) is 4.86. The van der Waals surface area contributed by atoms with Crippen LogP contribution in [0.2, 0.25) is 0 Å². The van der Waals surface area contributed by atoms with Gasteiger partial charge in [-0.2, -0.15) is 21.6 Å². The number of rotatable bonds is 2. The normalized spacial score (nSPS) is 12.7. The van der Waals surface area contributed by atoms with Crippen LogP contribution in [0, 0.1) is 5.82 Å². The number of hydrogen-bond donors (Lipinski definition) is 0. The predicted molar refractivity (Wildman–Crippen MR) is 65.0 cm³/mol. The van der Waals surface area contributed by atoms with Gasteiger partial charge in [0.15, 0.2) is 11.6 Å². The van der Waals surface area contributed by atoms with Crippen LogP contribution in [0.5, 0.6) is 5.75 Å². The highest BCUT2D eigenvalue weighted by Gasteiger charge is 2.49. The Balaban J connectivity index is 2.55. The minimum atomic E-state index is -5.92. The van der Waals surface area contributed by atoms with Crippen LogP contribution in [0.15, 0.2) is 28.9 Å².